The third-order valence-electron chi connectivity index (χ3n) is 6.76. The second kappa shape index (κ2) is 8.66. The van der Waals surface area contributed by atoms with Gasteiger partial charge in [0.2, 0.25) is 0 Å². The van der Waals surface area contributed by atoms with E-state index in [2.05, 4.69) is 21.3 Å². The Balaban J connectivity index is 1.27. The minimum Gasteiger partial charge on any atom is -0.397 e. The number of rotatable bonds is 6. The fourth-order valence-corrected chi connectivity index (χ4v) is 4.89. The van der Waals surface area contributed by atoms with Gasteiger partial charge in [-0.05, 0) is 53.6 Å². The average molecular weight is 440 g/mol. The van der Waals surface area contributed by atoms with Gasteiger partial charge in [0.15, 0.2) is 0 Å². The lowest BCUT2D eigenvalue weighted by Crippen LogP contribution is -2.24. The van der Waals surface area contributed by atoms with Crippen molar-refractivity contribution in [3.05, 3.63) is 77.5 Å². The molecule has 2 fully saturated rings. The number of pyridine rings is 1. The number of nitrogens with two attached hydrogens (primary N) is 1. The van der Waals surface area contributed by atoms with Gasteiger partial charge in [-0.25, -0.2) is 0 Å². The number of likely N-dealkylation sites (tertiary alicyclic amines) is 1. The molecule has 33 heavy (non-hydrogen) atoms. The lowest BCUT2D eigenvalue weighted by molar-refractivity contribution is 0.102. The van der Waals surface area contributed by atoms with Crippen molar-refractivity contribution in [2.24, 2.45) is 17.8 Å². The van der Waals surface area contributed by atoms with E-state index in [0.717, 1.165) is 30.8 Å². The lowest BCUT2D eigenvalue weighted by atomic mass is 10.0. The summed E-state index contributed by atoms with van der Waals surface area (Å²) < 4.78 is 0. The highest BCUT2D eigenvalue weighted by atomic mass is 16.3. The molecule has 7 heteroatoms. The highest BCUT2D eigenvalue weighted by molar-refractivity contribution is 6.05. The highest BCUT2D eigenvalue weighted by Crippen LogP contribution is 2.51. The molecule has 0 radical (unpaired) electrons. The number of nitrogens with one attached hydrogen (secondary N) is 1. The third kappa shape index (κ3) is 4.19. The van der Waals surface area contributed by atoms with Crippen molar-refractivity contribution >= 4 is 17.3 Å². The van der Waals surface area contributed by atoms with Gasteiger partial charge in [-0.2, -0.15) is 5.26 Å². The summed E-state index contributed by atoms with van der Waals surface area (Å²) in [4.78, 5) is 19.5. The van der Waals surface area contributed by atoms with Crippen molar-refractivity contribution in [3.8, 4) is 17.3 Å². The quantitative estimate of drug-likeness (QED) is 0.508. The first kappa shape index (κ1) is 21.1. The maximum atomic E-state index is 12.6. The number of hydrogen-bond donors (Lipinski definition) is 3. The number of para-hydroxylation sites is 2. The number of nitrogens with zero attached hydrogens (tertiary/aromatic N) is 3. The number of benzene rings is 2. The number of amides is 1. The number of carbonyl (C=O) groups is 1. The van der Waals surface area contributed by atoms with Crippen LogP contribution in [-0.2, 0) is 6.54 Å². The fourth-order valence-electron chi connectivity index (χ4n) is 4.89. The van der Waals surface area contributed by atoms with Crippen LogP contribution >= 0.6 is 0 Å². The Bertz CT molecular complexity index is 1220. The molecular formula is C26H25N5O2. The summed E-state index contributed by atoms with van der Waals surface area (Å²) in [7, 11) is 0. The Morgan fingerprint density at radius 3 is 2.58 bits per heavy atom. The zero-order chi connectivity index (χ0) is 22.9. The van der Waals surface area contributed by atoms with Gasteiger partial charge in [0.1, 0.15) is 6.07 Å². The van der Waals surface area contributed by atoms with E-state index in [9.17, 15) is 15.2 Å². The number of carbonyl (C=O) groups excluding carboxylic acids is 1. The van der Waals surface area contributed by atoms with E-state index >= 15 is 0 Å². The number of nitrogen functional groups attached to an aromatic ring is 1. The van der Waals surface area contributed by atoms with Gasteiger partial charge in [0.25, 0.3) is 5.91 Å². The van der Waals surface area contributed by atoms with Crippen LogP contribution in [0, 0.1) is 29.1 Å². The maximum absolute atomic E-state index is 12.6. The molecule has 5 rings (SSSR count). The molecule has 166 valence electrons. The van der Waals surface area contributed by atoms with Crippen molar-refractivity contribution in [3.63, 3.8) is 0 Å². The number of aliphatic hydroxyl groups excluding tert-OH is 1. The number of anilines is 2. The molecule has 1 aromatic heterocycles. The van der Waals surface area contributed by atoms with Crippen LogP contribution < -0.4 is 11.1 Å². The van der Waals surface area contributed by atoms with E-state index in [1.54, 1.807) is 36.4 Å². The van der Waals surface area contributed by atoms with E-state index in [1.807, 2.05) is 24.4 Å². The van der Waals surface area contributed by atoms with Crippen LogP contribution in [-0.4, -0.2) is 40.6 Å². The predicted octanol–water partition coefficient (Wildman–Crippen LogP) is 3.12. The van der Waals surface area contributed by atoms with Gasteiger partial charge in [-0.15, -0.1) is 0 Å². The summed E-state index contributed by atoms with van der Waals surface area (Å²) in [5.41, 5.74) is 10.4. The Morgan fingerprint density at radius 1 is 1.18 bits per heavy atom. The van der Waals surface area contributed by atoms with Gasteiger partial charge in [-0.1, -0.05) is 24.3 Å². The van der Waals surface area contributed by atoms with E-state index in [0.29, 0.717) is 52.6 Å². The first-order chi connectivity index (χ1) is 16.1. The summed E-state index contributed by atoms with van der Waals surface area (Å²) in [5, 5.41) is 21.8. The Labute approximate surface area is 192 Å². The van der Waals surface area contributed by atoms with Crippen molar-refractivity contribution in [2.45, 2.75) is 6.54 Å². The molecule has 1 saturated heterocycles. The number of hydrogen-bond acceptors (Lipinski definition) is 6. The Kier molecular flexibility index (Phi) is 5.55. The smallest absolute Gasteiger partial charge is 0.255 e. The summed E-state index contributed by atoms with van der Waals surface area (Å²) >= 11 is 0. The Morgan fingerprint density at radius 2 is 1.91 bits per heavy atom. The number of nitriles is 1. The standard InChI is InChI=1S/C26H25N5O2/c27-10-19-9-16(12-31-13-20-21(14-31)22(20)15-32)11-29-25(19)17-5-7-18(8-6-17)26(33)30-24-4-2-1-3-23(24)28/h1-9,11,20-22,32H,12-15,28H2,(H,30,33). The van der Waals surface area contributed by atoms with Crippen molar-refractivity contribution < 1.29 is 9.90 Å². The number of piperidine rings is 1. The monoisotopic (exact) mass is 439 g/mol. The second-order valence-corrected chi connectivity index (χ2v) is 8.84. The fraction of sp³-hybridized carbons (Fsp3) is 0.269. The molecule has 0 bridgehead atoms. The highest BCUT2D eigenvalue weighted by Gasteiger charge is 2.54. The maximum Gasteiger partial charge on any atom is 0.255 e. The predicted molar refractivity (Wildman–Crippen MR) is 126 cm³/mol. The lowest BCUT2D eigenvalue weighted by Gasteiger charge is -2.19. The minimum absolute atomic E-state index is 0.254. The molecule has 2 aliphatic rings. The van der Waals surface area contributed by atoms with Crippen molar-refractivity contribution in [2.75, 3.05) is 30.7 Å². The van der Waals surface area contributed by atoms with E-state index in [4.69, 9.17) is 5.73 Å². The van der Waals surface area contributed by atoms with E-state index < -0.39 is 0 Å². The molecule has 2 unspecified atom stereocenters. The molecule has 1 amide bonds. The summed E-state index contributed by atoms with van der Waals surface area (Å²) in [6.07, 6.45) is 1.82. The van der Waals surface area contributed by atoms with E-state index in [1.165, 1.54) is 0 Å². The van der Waals surface area contributed by atoms with Crippen LogP contribution in [0.3, 0.4) is 0 Å². The molecule has 2 atom stereocenters. The first-order valence-corrected chi connectivity index (χ1v) is 11.1. The molecule has 1 aliphatic carbocycles. The largest absolute Gasteiger partial charge is 0.397 e. The van der Waals surface area contributed by atoms with Crippen LogP contribution in [0.4, 0.5) is 11.4 Å². The third-order valence-corrected chi connectivity index (χ3v) is 6.76. The van der Waals surface area contributed by atoms with Crippen LogP contribution in [0.2, 0.25) is 0 Å². The topological polar surface area (TPSA) is 115 Å². The molecule has 4 N–H and O–H groups in total. The molecule has 0 spiro atoms. The zero-order valence-corrected chi connectivity index (χ0v) is 18.1. The Hall–Kier alpha value is -3.73. The average Bonchev–Trinajstić information content (AvgIpc) is 3.32. The molecule has 1 saturated carbocycles. The summed E-state index contributed by atoms with van der Waals surface area (Å²) in [6, 6.07) is 18.3. The molecular weight excluding hydrogens is 414 g/mol. The summed E-state index contributed by atoms with van der Waals surface area (Å²) in [5.74, 6) is 1.46. The first-order valence-electron chi connectivity index (χ1n) is 11.1. The summed E-state index contributed by atoms with van der Waals surface area (Å²) in [6.45, 7) is 3.04. The molecule has 2 aromatic carbocycles. The minimum atomic E-state index is -0.254. The second-order valence-electron chi connectivity index (χ2n) is 8.84. The molecule has 2 heterocycles. The van der Waals surface area contributed by atoms with Crippen molar-refractivity contribution in [1.29, 1.82) is 5.26 Å². The SMILES string of the molecule is N#Cc1cc(CN2CC3C(CO)C3C2)cnc1-c1ccc(C(=O)Nc2ccccc2N)cc1. The van der Waals surface area contributed by atoms with Crippen LogP contribution in [0.1, 0.15) is 21.5 Å². The van der Waals surface area contributed by atoms with Gasteiger partial charge in [0.05, 0.1) is 22.6 Å². The number of fused-ring (bicyclic) bond motifs is 1. The van der Waals surface area contributed by atoms with Gasteiger partial charge >= 0.3 is 0 Å². The van der Waals surface area contributed by atoms with Crippen LogP contribution in [0.5, 0.6) is 0 Å². The van der Waals surface area contributed by atoms with E-state index in [-0.39, 0.29) is 5.91 Å². The molecule has 7 nitrogen and oxygen atoms in total. The van der Waals surface area contributed by atoms with Crippen molar-refractivity contribution in [1.82, 2.24) is 9.88 Å². The number of aromatic nitrogens is 1. The van der Waals surface area contributed by atoms with Gasteiger partial charge in [-0.3, -0.25) is 14.7 Å². The molecule has 3 aromatic rings. The van der Waals surface area contributed by atoms with Crippen LogP contribution in [0.15, 0.2) is 60.8 Å². The number of aliphatic hydroxyl groups is 1. The van der Waals surface area contributed by atoms with Crippen LogP contribution in [0.25, 0.3) is 11.3 Å². The van der Waals surface area contributed by atoms with Gasteiger partial charge < -0.3 is 16.2 Å². The van der Waals surface area contributed by atoms with Gasteiger partial charge in [0, 0.05) is 43.6 Å². The normalized spacial score (nSPS) is 21.3. The zero-order valence-electron chi connectivity index (χ0n) is 18.1. The molecule has 1 aliphatic heterocycles.